The average molecular weight is 390 g/mol. The van der Waals surface area contributed by atoms with Crippen molar-refractivity contribution < 1.29 is 12.8 Å². The largest absolute Gasteiger partial charge is 0.419 e. The number of aromatic nitrogens is 2. The molecule has 1 fully saturated rings. The molecule has 4 rings (SSSR count). The third kappa shape index (κ3) is 4.03. The lowest BCUT2D eigenvalue weighted by Gasteiger charge is -2.25. The number of thiophene rings is 1. The summed E-state index contributed by atoms with van der Waals surface area (Å²) in [4.78, 5) is 3.33. The van der Waals surface area contributed by atoms with Gasteiger partial charge in [-0.3, -0.25) is 4.90 Å². The predicted molar refractivity (Wildman–Crippen MR) is 100 cm³/mol. The summed E-state index contributed by atoms with van der Waals surface area (Å²) in [5.41, 5.74) is 0.875. The molecule has 1 aliphatic heterocycles. The molecule has 0 bridgehead atoms. The molecule has 0 spiro atoms. The molecule has 1 aromatic carbocycles. The van der Waals surface area contributed by atoms with Crippen molar-refractivity contribution in [2.75, 3.05) is 11.5 Å². The number of sulfone groups is 1. The fraction of sp³-hybridized carbons (Fsp3) is 0.333. The number of benzene rings is 1. The highest BCUT2D eigenvalue weighted by Crippen LogP contribution is 2.24. The van der Waals surface area contributed by atoms with Crippen molar-refractivity contribution in [1.82, 2.24) is 15.1 Å². The summed E-state index contributed by atoms with van der Waals surface area (Å²) in [6.45, 7) is 1.12. The number of rotatable bonds is 6. The maximum atomic E-state index is 11.9. The lowest BCUT2D eigenvalue weighted by molar-refractivity contribution is 0.178. The molecule has 3 heterocycles. The zero-order chi connectivity index (χ0) is 18.0. The van der Waals surface area contributed by atoms with E-state index in [-0.39, 0.29) is 17.5 Å². The Bertz CT molecular complexity index is 953. The minimum absolute atomic E-state index is 0.0193. The van der Waals surface area contributed by atoms with Gasteiger partial charge in [-0.05, 0) is 30.0 Å². The van der Waals surface area contributed by atoms with Crippen molar-refractivity contribution in [1.29, 1.82) is 0 Å². The second-order valence-corrected chi connectivity index (χ2v) is 9.67. The van der Waals surface area contributed by atoms with Crippen molar-refractivity contribution in [3.8, 4) is 11.5 Å². The van der Waals surface area contributed by atoms with Crippen LogP contribution in [0.4, 0.5) is 0 Å². The van der Waals surface area contributed by atoms with E-state index in [0.717, 1.165) is 5.56 Å². The van der Waals surface area contributed by atoms with Gasteiger partial charge in [-0.15, -0.1) is 21.5 Å². The van der Waals surface area contributed by atoms with Gasteiger partial charge in [-0.1, -0.05) is 24.3 Å². The van der Waals surface area contributed by atoms with Gasteiger partial charge in [-0.2, -0.15) is 0 Å². The third-order valence-electron chi connectivity index (χ3n) is 4.49. The summed E-state index contributed by atoms with van der Waals surface area (Å²) in [7, 11) is -2.95. The lowest BCUT2D eigenvalue weighted by Crippen LogP contribution is -2.35. The van der Waals surface area contributed by atoms with Crippen molar-refractivity contribution in [2.45, 2.75) is 25.6 Å². The molecule has 8 heteroatoms. The minimum atomic E-state index is -2.95. The molecule has 0 radical (unpaired) electrons. The molecular weight excluding hydrogens is 370 g/mol. The Morgan fingerprint density at radius 1 is 1.12 bits per heavy atom. The zero-order valence-corrected chi connectivity index (χ0v) is 15.7. The molecule has 1 saturated heterocycles. The topological polar surface area (TPSA) is 76.3 Å². The molecule has 6 nitrogen and oxygen atoms in total. The first-order valence-electron chi connectivity index (χ1n) is 8.44. The molecule has 0 unspecified atom stereocenters. The summed E-state index contributed by atoms with van der Waals surface area (Å²) in [6, 6.07) is 13.7. The van der Waals surface area contributed by atoms with E-state index in [2.05, 4.69) is 21.2 Å². The fourth-order valence-corrected chi connectivity index (χ4v) is 5.66. The first-order chi connectivity index (χ1) is 12.6. The molecule has 0 amide bonds. The van der Waals surface area contributed by atoms with E-state index >= 15 is 0 Å². The quantitative estimate of drug-likeness (QED) is 0.645. The summed E-state index contributed by atoms with van der Waals surface area (Å²) in [5, 5.41) is 10.3. The Morgan fingerprint density at radius 2 is 1.96 bits per heavy atom. The molecule has 2 aromatic heterocycles. The van der Waals surface area contributed by atoms with Crippen LogP contribution in [0.3, 0.4) is 0 Å². The normalized spacial score (nSPS) is 19.2. The van der Waals surface area contributed by atoms with Crippen molar-refractivity contribution >= 4 is 21.2 Å². The molecule has 0 aliphatic carbocycles. The molecule has 0 N–H and O–H groups in total. The fourth-order valence-electron chi connectivity index (χ4n) is 3.17. The second kappa shape index (κ2) is 7.30. The molecule has 1 aliphatic rings. The zero-order valence-electron chi connectivity index (χ0n) is 14.1. The number of hydrogen-bond donors (Lipinski definition) is 0. The molecule has 1 atom stereocenters. The number of hydrogen-bond acceptors (Lipinski definition) is 7. The van der Waals surface area contributed by atoms with E-state index < -0.39 is 9.84 Å². The van der Waals surface area contributed by atoms with Crippen molar-refractivity contribution in [2.24, 2.45) is 0 Å². The maximum absolute atomic E-state index is 11.9. The Morgan fingerprint density at radius 3 is 2.65 bits per heavy atom. The van der Waals surface area contributed by atoms with E-state index in [1.54, 1.807) is 11.3 Å². The van der Waals surface area contributed by atoms with E-state index in [0.29, 0.717) is 31.3 Å². The monoisotopic (exact) mass is 389 g/mol. The standard InChI is InChI=1S/C18H19N3O3S2/c22-26(23)10-8-15(13-26)21(11-16-7-4-9-25-16)12-17-19-20-18(24-17)14-5-2-1-3-6-14/h1-7,9,15H,8,10-13H2/t15-/m1/s1. The van der Waals surface area contributed by atoms with Gasteiger partial charge in [0.15, 0.2) is 9.84 Å². The molecule has 0 saturated carbocycles. The maximum Gasteiger partial charge on any atom is 0.247 e. The predicted octanol–water partition coefficient (Wildman–Crippen LogP) is 2.99. The van der Waals surface area contributed by atoms with Gasteiger partial charge in [0.05, 0.1) is 18.1 Å². The SMILES string of the molecule is O=S1(=O)CC[C@@H](N(Cc2nnc(-c3ccccc3)o2)Cc2cccs2)C1. The van der Waals surface area contributed by atoms with Crippen LogP contribution in [0.1, 0.15) is 17.2 Å². The van der Waals surface area contributed by atoms with E-state index in [9.17, 15) is 8.42 Å². The van der Waals surface area contributed by atoms with Crippen LogP contribution in [0, 0.1) is 0 Å². The van der Waals surface area contributed by atoms with Gasteiger partial charge < -0.3 is 4.42 Å². The van der Waals surface area contributed by atoms with Crippen LogP contribution in [0.5, 0.6) is 0 Å². The number of nitrogens with zero attached hydrogens (tertiary/aromatic N) is 3. The summed E-state index contributed by atoms with van der Waals surface area (Å²) < 4.78 is 29.6. The van der Waals surface area contributed by atoms with Crippen molar-refractivity contribution in [3.63, 3.8) is 0 Å². The van der Waals surface area contributed by atoms with Crippen LogP contribution in [0.15, 0.2) is 52.3 Å². The minimum Gasteiger partial charge on any atom is -0.419 e. The van der Waals surface area contributed by atoms with Gasteiger partial charge in [0.2, 0.25) is 11.8 Å². The smallest absolute Gasteiger partial charge is 0.247 e. The van der Waals surface area contributed by atoms with Gasteiger partial charge >= 0.3 is 0 Å². The van der Waals surface area contributed by atoms with Crippen LogP contribution < -0.4 is 0 Å². The van der Waals surface area contributed by atoms with Gasteiger partial charge in [0, 0.05) is 23.0 Å². The summed E-state index contributed by atoms with van der Waals surface area (Å²) in [5.74, 6) is 1.43. The highest BCUT2D eigenvalue weighted by Gasteiger charge is 2.33. The molecule has 136 valence electrons. The molecular formula is C18H19N3O3S2. The Kier molecular flexibility index (Phi) is 4.88. The van der Waals surface area contributed by atoms with Crippen LogP contribution >= 0.6 is 11.3 Å². The van der Waals surface area contributed by atoms with E-state index in [1.807, 2.05) is 41.8 Å². The van der Waals surface area contributed by atoms with Crippen LogP contribution in [-0.4, -0.2) is 41.1 Å². The first-order valence-corrected chi connectivity index (χ1v) is 11.1. The van der Waals surface area contributed by atoms with Crippen molar-refractivity contribution in [3.05, 3.63) is 58.6 Å². The summed E-state index contributed by atoms with van der Waals surface area (Å²) in [6.07, 6.45) is 0.646. The van der Waals surface area contributed by atoms with Gasteiger partial charge in [0.25, 0.3) is 0 Å². The van der Waals surface area contributed by atoms with Gasteiger partial charge in [-0.25, -0.2) is 8.42 Å². The van der Waals surface area contributed by atoms with Gasteiger partial charge in [0.1, 0.15) is 0 Å². The van der Waals surface area contributed by atoms with Crippen LogP contribution in [0.2, 0.25) is 0 Å². The van der Waals surface area contributed by atoms with E-state index in [1.165, 1.54) is 4.88 Å². The van der Waals surface area contributed by atoms with Crippen LogP contribution in [0.25, 0.3) is 11.5 Å². The lowest BCUT2D eigenvalue weighted by atomic mass is 10.2. The average Bonchev–Trinajstić information content (AvgIpc) is 3.36. The highest BCUT2D eigenvalue weighted by atomic mass is 32.2. The highest BCUT2D eigenvalue weighted by molar-refractivity contribution is 7.91. The summed E-state index contributed by atoms with van der Waals surface area (Å²) >= 11 is 1.66. The van der Waals surface area contributed by atoms with E-state index in [4.69, 9.17) is 4.42 Å². The Balaban J connectivity index is 1.54. The first kappa shape index (κ1) is 17.4. The molecule has 3 aromatic rings. The van der Waals surface area contributed by atoms with Crippen LogP contribution in [-0.2, 0) is 22.9 Å². The second-order valence-electron chi connectivity index (χ2n) is 6.41. The third-order valence-corrected chi connectivity index (χ3v) is 7.10. The molecule has 26 heavy (non-hydrogen) atoms. The Labute approximate surface area is 156 Å². The Hall–Kier alpha value is -2.03.